The third kappa shape index (κ3) is 8.49. The zero-order valence-electron chi connectivity index (χ0n) is 24.4. The van der Waals surface area contributed by atoms with Gasteiger partial charge in [0.1, 0.15) is 17.5 Å². The highest BCUT2D eigenvalue weighted by Crippen LogP contribution is 2.36. The number of hydrogen-bond donors (Lipinski definition) is 3. The number of nitrogens with zero attached hydrogens (tertiary/aromatic N) is 2. The fourth-order valence-electron chi connectivity index (χ4n) is 4.67. The monoisotopic (exact) mass is 583 g/mol. The Hall–Kier alpha value is -2.52. The first-order valence-electron chi connectivity index (χ1n) is 14.3. The molecule has 0 amide bonds. The van der Waals surface area contributed by atoms with Crippen molar-refractivity contribution >= 4 is 31.6 Å². The summed E-state index contributed by atoms with van der Waals surface area (Å²) >= 11 is 6.54. The number of aromatic nitrogens is 2. The second-order valence-electron chi connectivity index (χ2n) is 12.2. The highest BCUT2D eigenvalue weighted by atomic mass is 35.5. The summed E-state index contributed by atoms with van der Waals surface area (Å²) < 4.78 is 19.8. The van der Waals surface area contributed by atoms with Gasteiger partial charge >= 0.3 is 0 Å². The molecule has 2 heterocycles. The molecule has 0 bridgehead atoms. The van der Waals surface area contributed by atoms with Gasteiger partial charge in [-0.1, -0.05) is 50.6 Å². The van der Waals surface area contributed by atoms with E-state index in [1.807, 2.05) is 30.3 Å². The van der Waals surface area contributed by atoms with Gasteiger partial charge in [-0.3, -0.25) is 0 Å². The van der Waals surface area contributed by atoms with Crippen molar-refractivity contribution in [1.29, 1.82) is 0 Å². The van der Waals surface area contributed by atoms with Gasteiger partial charge in [0.2, 0.25) is 0 Å². The summed E-state index contributed by atoms with van der Waals surface area (Å²) in [6.07, 6.45) is 6.09. The van der Waals surface area contributed by atoms with E-state index in [1.54, 1.807) is 12.3 Å². The Bertz CT molecular complexity index is 1260. The maximum absolute atomic E-state index is 13.5. The number of halogens is 2. The number of nitrogens with one attached hydrogen (secondary N) is 3. The minimum atomic E-state index is -1.69. The lowest BCUT2D eigenvalue weighted by molar-refractivity contribution is 0.266. The molecule has 2 aromatic heterocycles. The normalized spacial score (nSPS) is 18.0. The fraction of sp³-hybridized carbons (Fsp3) is 0.484. The van der Waals surface area contributed by atoms with E-state index >= 15 is 0 Å². The summed E-state index contributed by atoms with van der Waals surface area (Å²) in [5.74, 6) is 1.25. The van der Waals surface area contributed by atoms with Crippen LogP contribution in [0.15, 0.2) is 54.7 Å². The predicted molar refractivity (Wildman–Crippen MR) is 167 cm³/mol. The lowest BCUT2D eigenvalue weighted by Crippen LogP contribution is -2.44. The van der Waals surface area contributed by atoms with Gasteiger partial charge in [0, 0.05) is 43.5 Å². The molecule has 1 aliphatic rings. The van der Waals surface area contributed by atoms with Crippen molar-refractivity contribution in [3.05, 3.63) is 71.1 Å². The van der Waals surface area contributed by atoms with Gasteiger partial charge in [0.05, 0.1) is 10.7 Å². The third-order valence-corrected chi connectivity index (χ3v) is 13.0. The Morgan fingerprint density at radius 3 is 2.45 bits per heavy atom. The zero-order chi connectivity index (χ0) is 28.8. The van der Waals surface area contributed by atoms with Crippen LogP contribution in [0.2, 0.25) is 23.2 Å². The van der Waals surface area contributed by atoms with Crippen LogP contribution >= 0.6 is 11.6 Å². The van der Waals surface area contributed by atoms with Crippen molar-refractivity contribution in [1.82, 2.24) is 15.3 Å². The molecule has 0 radical (unpaired) electrons. The van der Waals surface area contributed by atoms with Crippen LogP contribution < -0.4 is 16.0 Å². The SMILES string of the molecule is CC(C)(C)[Si](C)(C)OCCN[C@H]1CC[C@H](Nc2cc(-c3cccc(NCc4cccc(F)c4)n3)c(Cl)cn2)CC1. The summed E-state index contributed by atoms with van der Waals surface area (Å²) in [4.78, 5) is 9.28. The van der Waals surface area contributed by atoms with E-state index in [2.05, 4.69) is 54.8 Å². The first kappa shape index (κ1) is 30.4. The van der Waals surface area contributed by atoms with E-state index in [9.17, 15) is 4.39 Å². The highest BCUT2D eigenvalue weighted by molar-refractivity contribution is 6.74. The van der Waals surface area contributed by atoms with E-state index in [1.165, 1.54) is 12.1 Å². The molecule has 40 heavy (non-hydrogen) atoms. The largest absolute Gasteiger partial charge is 0.416 e. The molecule has 0 aliphatic heterocycles. The molecule has 1 aliphatic carbocycles. The molecule has 4 rings (SSSR count). The van der Waals surface area contributed by atoms with Crippen molar-refractivity contribution in [3.8, 4) is 11.3 Å². The Labute approximate surface area is 244 Å². The molecule has 0 spiro atoms. The van der Waals surface area contributed by atoms with Crippen molar-refractivity contribution in [2.24, 2.45) is 0 Å². The second-order valence-corrected chi connectivity index (χ2v) is 17.4. The molecular formula is C31H43ClFN5OSi. The van der Waals surface area contributed by atoms with Crippen LogP contribution in [0.25, 0.3) is 11.3 Å². The summed E-state index contributed by atoms with van der Waals surface area (Å²) in [6.45, 7) is 13.6. The lowest BCUT2D eigenvalue weighted by atomic mass is 9.91. The molecule has 1 fully saturated rings. The van der Waals surface area contributed by atoms with E-state index in [4.69, 9.17) is 21.0 Å². The molecule has 3 N–H and O–H groups in total. The Morgan fingerprint density at radius 2 is 1.73 bits per heavy atom. The van der Waals surface area contributed by atoms with Crippen molar-refractivity contribution in [2.75, 3.05) is 23.8 Å². The molecule has 0 unspecified atom stereocenters. The van der Waals surface area contributed by atoms with Gasteiger partial charge < -0.3 is 20.4 Å². The van der Waals surface area contributed by atoms with Crippen molar-refractivity contribution in [2.45, 2.75) is 83.2 Å². The summed E-state index contributed by atoms with van der Waals surface area (Å²) in [7, 11) is -1.69. The minimum Gasteiger partial charge on any atom is -0.416 e. The maximum atomic E-state index is 13.5. The lowest BCUT2D eigenvalue weighted by Gasteiger charge is -2.36. The Morgan fingerprint density at radius 1 is 1.00 bits per heavy atom. The first-order valence-corrected chi connectivity index (χ1v) is 17.5. The van der Waals surface area contributed by atoms with Crippen LogP contribution in [-0.2, 0) is 11.0 Å². The molecule has 0 atom stereocenters. The quantitative estimate of drug-likeness (QED) is 0.157. The Balaban J connectivity index is 1.28. The average molecular weight is 584 g/mol. The molecule has 3 aromatic rings. The fourth-order valence-corrected chi connectivity index (χ4v) is 5.92. The molecule has 1 saturated carbocycles. The van der Waals surface area contributed by atoms with Crippen LogP contribution in [0.3, 0.4) is 0 Å². The summed E-state index contributed by atoms with van der Waals surface area (Å²) in [5, 5.41) is 11.4. The zero-order valence-corrected chi connectivity index (χ0v) is 26.1. The van der Waals surface area contributed by atoms with Gasteiger partial charge in [0.25, 0.3) is 0 Å². The molecule has 9 heteroatoms. The highest BCUT2D eigenvalue weighted by Gasteiger charge is 2.36. The molecule has 1 aromatic carbocycles. The van der Waals surface area contributed by atoms with Crippen LogP contribution in [-0.4, -0.2) is 43.5 Å². The van der Waals surface area contributed by atoms with Gasteiger partial charge in [0.15, 0.2) is 8.32 Å². The second kappa shape index (κ2) is 13.4. The van der Waals surface area contributed by atoms with Crippen LogP contribution in [0, 0.1) is 5.82 Å². The van der Waals surface area contributed by atoms with E-state index < -0.39 is 8.32 Å². The topological polar surface area (TPSA) is 71.1 Å². The van der Waals surface area contributed by atoms with Crippen molar-refractivity contribution < 1.29 is 8.82 Å². The van der Waals surface area contributed by atoms with Gasteiger partial charge in [-0.2, -0.15) is 0 Å². The molecule has 216 valence electrons. The standard InChI is InChI=1S/C31H43ClFN5OSi/c1-31(2,3)40(4,5)39-17-16-34-24-12-14-25(15-13-24)37-30-19-26(27(32)21-36-30)28-10-7-11-29(38-28)35-20-22-8-6-9-23(33)18-22/h6-11,18-19,21,24-25,34H,12-17,20H2,1-5H3,(H,35,38)(H,36,37)/t24-,25-. The van der Waals surface area contributed by atoms with E-state index in [0.717, 1.165) is 61.5 Å². The maximum Gasteiger partial charge on any atom is 0.192 e. The molecule has 0 saturated heterocycles. The number of pyridine rings is 2. The predicted octanol–water partition coefficient (Wildman–Crippen LogP) is 7.88. The first-order chi connectivity index (χ1) is 19.0. The molecular weight excluding hydrogens is 541 g/mol. The van der Waals surface area contributed by atoms with Crippen LogP contribution in [0.4, 0.5) is 16.0 Å². The molecule has 6 nitrogen and oxygen atoms in total. The van der Waals surface area contributed by atoms with Crippen LogP contribution in [0.1, 0.15) is 52.0 Å². The van der Waals surface area contributed by atoms with Gasteiger partial charge in [-0.05, 0) is 79.7 Å². The summed E-state index contributed by atoms with van der Waals surface area (Å²) in [6, 6.07) is 15.2. The average Bonchev–Trinajstić information content (AvgIpc) is 2.91. The van der Waals surface area contributed by atoms with Crippen molar-refractivity contribution in [3.63, 3.8) is 0 Å². The van der Waals surface area contributed by atoms with Gasteiger partial charge in [-0.15, -0.1) is 0 Å². The Kier molecular flexibility index (Phi) is 10.2. The third-order valence-electron chi connectivity index (χ3n) is 8.13. The summed E-state index contributed by atoms with van der Waals surface area (Å²) in [5.41, 5.74) is 2.43. The minimum absolute atomic E-state index is 0.242. The number of anilines is 2. The number of rotatable bonds is 11. The van der Waals surface area contributed by atoms with Crippen LogP contribution in [0.5, 0.6) is 0 Å². The number of benzene rings is 1. The van der Waals surface area contributed by atoms with E-state index in [0.29, 0.717) is 29.5 Å². The number of hydrogen-bond acceptors (Lipinski definition) is 6. The smallest absolute Gasteiger partial charge is 0.192 e. The van der Waals surface area contributed by atoms with Gasteiger partial charge in [-0.25, -0.2) is 14.4 Å². The van der Waals surface area contributed by atoms with E-state index in [-0.39, 0.29) is 10.9 Å².